The predicted molar refractivity (Wildman–Crippen MR) is 77.4 cm³/mol. The monoisotopic (exact) mass is 305 g/mol. The number of hydrogen-bond donors (Lipinski definition) is 2. The highest BCUT2D eigenvalue weighted by molar-refractivity contribution is 5.86. The van der Waals surface area contributed by atoms with Crippen molar-refractivity contribution < 1.29 is 14.6 Å². The van der Waals surface area contributed by atoms with Crippen LogP contribution < -0.4 is 0 Å². The Labute approximate surface area is 127 Å². The average Bonchev–Trinajstić information content (AvgIpc) is 3.09. The van der Waals surface area contributed by atoms with Crippen LogP contribution in [-0.2, 0) is 17.8 Å². The van der Waals surface area contributed by atoms with Crippen molar-refractivity contribution >= 4 is 5.97 Å². The van der Waals surface area contributed by atoms with Crippen molar-refractivity contribution in [1.82, 2.24) is 24.9 Å². The topological polar surface area (TPSA) is 96.3 Å². The van der Waals surface area contributed by atoms with E-state index < -0.39 is 5.97 Å². The van der Waals surface area contributed by atoms with Crippen molar-refractivity contribution in [2.45, 2.75) is 25.6 Å². The molecule has 3 heterocycles. The zero-order valence-electron chi connectivity index (χ0n) is 12.2. The van der Waals surface area contributed by atoms with E-state index in [-0.39, 0.29) is 11.8 Å². The Morgan fingerprint density at radius 3 is 3.23 bits per heavy atom. The Hall–Kier alpha value is -2.19. The second-order valence-electron chi connectivity index (χ2n) is 5.38. The largest absolute Gasteiger partial charge is 0.477 e. The molecule has 22 heavy (non-hydrogen) atoms. The lowest BCUT2D eigenvalue weighted by Gasteiger charge is -2.23. The number of hydrogen-bond acceptors (Lipinski definition) is 5. The number of carboxylic acids is 1. The highest BCUT2D eigenvalue weighted by Gasteiger charge is 2.22. The summed E-state index contributed by atoms with van der Waals surface area (Å²) in [5.74, 6) is -0.980. The summed E-state index contributed by atoms with van der Waals surface area (Å²) in [6.07, 6.45) is 6.21. The first-order chi connectivity index (χ1) is 10.7. The third kappa shape index (κ3) is 3.52. The van der Waals surface area contributed by atoms with E-state index in [0.717, 1.165) is 19.5 Å². The van der Waals surface area contributed by atoms with Crippen LogP contribution in [0.4, 0.5) is 0 Å². The van der Waals surface area contributed by atoms with Crippen molar-refractivity contribution in [3.8, 4) is 0 Å². The minimum absolute atomic E-state index is 0.0441. The molecule has 1 aliphatic heterocycles. The van der Waals surface area contributed by atoms with E-state index in [0.29, 0.717) is 25.3 Å². The normalized spacial score (nSPS) is 19.9. The van der Waals surface area contributed by atoms with Crippen molar-refractivity contribution in [2.24, 2.45) is 0 Å². The highest BCUT2D eigenvalue weighted by Crippen LogP contribution is 2.14. The number of carboxylic acid groups (broad SMARTS) is 1. The summed E-state index contributed by atoms with van der Waals surface area (Å²) in [4.78, 5) is 13.3. The Morgan fingerprint density at radius 2 is 2.45 bits per heavy atom. The first kappa shape index (κ1) is 14.7. The number of aromatic nitrogens is 4. The van der Waals surface area contributed by atoms with Gasteiger partial charge in [0.2, 0.25) is 0 Å². The van der Waals surface area contributed by atoms with Gasteiger partial charge in [0.1, 0.15) is 5.69 Å². The fourth-order valence-electron chi connectivity index (χ4n) is 2.70. The van der Waals surface area contributed by atoms with E-state index in [9.17, 15) is 4.79 Å². The van der Waals surface area contributed by atoms with E-state index in [1.54, 1.807) is 12.4 Å². The van der Waals surface area contributed by atoms with Crippen LogP contribution in [0.25, 0.3) is 0 Å². The SMILES string of the molecule is O=C(O)c1[nH]ncc1CN1CCCO[C@H](Cn2cccn2)C1. The molecular weight excluding hydrogens is 286 g/mol. The van der Waals surface area contributed by atoms with E-state index in [2.05, 4.69) is 20.2 Å². The number of nitrogens with zero attached hydrogens (tertiary/aromatic N) is 4. The predicted octanol–water partition coefficient (Wildman–Crippen LogP) is 0.595. The summed E-state index contributed by atoms with van der Waals surface area (Å²) in [7, 11) is 0. The average molecular weight is 305 g/mol. The smallest absolute Gasteiger partial charge is 0.354 e. The first-order valence-corrected chi connectivity index (χ1v) is 7.29. The molecule has 2 aromatic heterocycles. The second-order valence-corrected chi connectivity index (χ2v) is 5.38. The van der Waals surface area contributed by atoms with Gasteiger partial charge in [0, 0.05) is 44.2 Å². The minimum atomic E-state index is -0.980. The van der Waals surface area contributed by atoms with Crippen molar-refractivity contribution in [2.75, 3.05) is 19.7 Å². The fourth-order valence-corrected chi connectivity index (χ4v) is 2.70. The molecule has 0 saturated carbocycles. The number of H-pyrrole nitrogens is 1. The molecule has 3 rings (SSSR count). The van der Waals surface area contributed by atoms with Crippen LogP contribution in [0, 0.1) is 0 Å². The van der Waals surface area contributed by atoms with Gasteiger partial charge in [-0.25, -0.2) is 4.79 Å². The number of carbonyl (C=O) groups is 1. The molecule has 8 nitrogen and oxygen atoms in total. The van der Waals surface area contributed by atoms with Gasteiger partial charge < -0.3 is 9.84 Å². The molecule has 118 valence electrons. The minimum Gasteiger partial charge on any atom is -0.477 e. The van der Waals surface area contributed by atoms with Gasteiger partial charge in [-0.05, 0) is 12.5 Å². The molecule has 1 atom stereocenters. The zero-order valence-corrected chi connectivity index (χ0v) is 12.2. The van der Waals surface area contributed by atoms with Crippen LogP contribution >= 0.6 is 0 Å². The molecule has 1 saturated heterocycles. The Bertz CT molecular complexity index is 610. The molecule has 0 radical (unpaired) electrons. The first-order valence-electron chi connectivity index (χ1n) is 7.29. The van der Waals surface area contributed by atoms with Gasteiger partial charge in [-0.15, -0.1) is 0 Å². The summed E-state index contributed by atoms with van der Waals surface area (Å²) in [5, 5.41) is 19.7. The third-order valence-corrected chi connectivity index (χ3v) is 3.71. The fraction of sp³-hybridized carbons (Fsp3) is 0.500. The van der Waals surface area contributed by atoms with Crippen LogP contribution in [0.3, 0.4) is 0 Å². The quantitative estimate of drug-likeness (QED) is 0.839. The van der Waals surface area contributed by atoms with Gasteiger partial charge in [0.05, 0.1) is 18.8 Å². The van der Waals surface area contributed by atoms with Gasteiger partial charge in [0.25, 0.3) is 0 Å². The molecular formula is C14H19N5O3. The maximum Gasteiger partial charge on any atom is 0.354 e. The van der Waals surface area contributed by atoms with Crippen LogP contribution in [-0.4, -0.2) is 61.8 Å². The molecule has 0 aromatic carbocycles. The number of aromatic amines is 1. The van der Waals surface area contributed by atoms with Crippen molar-refractivity contribution in [3.05, 3.63) is 35.9 Å². The van der Waals surface area contributed by atoms with E-state index >= 15 is 0 Å². The summed E-state index contributed by atoms with van der Waals surface area (Å²) in [6.45, 7) is 3.57. The van der Waals surface area contributed by atoms with Gasteiger partial charge in [0.15, 0.2) is 0 Å². The lowest BCUT2D eigenvalue weighted by Crippen LogP contribution is -2.34. The number of aromatic carboxylic acids is 1. The number of nitrogens with one attached hydrogen (secondary N) is 1. The second kappa shape index (κ2) is 6.71. The van der Waals surface area contributed by atoms with Crippen LogP contribution in [0.5, 0.6) is 0 Å². The van der Waals surface area contributed by atoms with Gasteiger partial charge in [-0.3, -0.25) is 14.7 Å². The summed E-state index contributed by atoms with van der Waals surface area (Å²) >= 11 is 0. The number of ether oxygens (including phenoxy) is 1. The van der Waals surface area contributed by atoms with Gasteiger partial charge >= 0.3 is 5.97 Å². The zero-order chi connectivity index (χ0) is 15.4. The van der Waals surface area contributed by atoms with Crippen LogP contribution in [0.15, 0.2) is 24.7 Å². The molecule has 1 fully saturated rings. The van der Waals surface area contributed by atoms with Crippen molar-refractivity contribution in [3.63, 3.8) is 0 Å². The summed E-state index contributed by atoms with van der Waals surface area (Å²) in [6, 6.07) is 1.89. The van der Waals surface area contributed by atoms with E-state index in [1.165, 1.54) is 0 Å². The highest BCUT2D eigenvalue weighted by atomic mass is 16.5. The molecule has 0 amide bonds. The molecule has 8 heteroatoms. The van der Waals surface area contributed by atoms with Crippen molar-refractivity contribution in [1.29, 1.82) is 0 Å². The molecule has 0 bridgehead atoms. The lowest BCUT2D eigenvalue weighted by molar-refractivity contribution is 0.0390. The third-order valence-electron chi connectivity index (χ3n) is 3.71. The molecule has 1 aliphatic rings. The Kier molecular flexibility index (Phi) is 4.50. The van der Waals surface area contributed by atoms with Gasteiger partial charge in [-0.1, -0.05) is 0 Å². The molecule has 0 aliphatic carbocycles. The molecule has 2 aromatic rings. The van der Waals surface area contributed by atoms with Crippen LogP contribution in [0.1, 0.15) is 22.5 Å². The molecule has 0 unspecified atom stereocenters. The molecule has 2 N–H and O–H groups in total. The Morgan fingerprint density at radius 1 is 1.55 bits per heavy atom. The molecule has 0 spiro atoms. The summed E-state index contributed by atoms with van der Waals surface area (Å²) in [5.41, 5.74) is 0.862. The standard InChI is InChI=1S/C14H19N5O3/c20-14(21)13-11(7-15-17-13)8-18-4-2-6-22-12(9-18)10-19-5-1-3-16-19/h1,3,5,7,12H,2,4,6,8-10H2,(H,15,17)(H,20,21)/t12-/m0/s1. The van der Waals surface area contributed by atoms with Crippen LogP contribution in [0.2, 0.25) is 0 Å². The maximum atomic E-state index is 11.1. The van der Waals surface area contributed by atoms with E-state index in [1.807, 2.05) is 16.9 Å². The number of rotatable bonds is 5. The van der Waals surface area contributed by atoms with Gasteiger partial charge in [-0.2, -0.15) is 10.2 Å². The summed E-state index contributed by atoms with van der Waals surface area (Å²) < 4.78 is 7.72. The lowest BCUT2D eigenvalue weighted by atomic mass is 10.2. The van der Waals surface area contributed by atoms with E-state index in [4.69, 9.17) is 9.84 Å². The maximum absolute atomic E-state index is 11.1. The Balaban J connectivity index is 1.65.